The third-order valence-corrected chi connectivity index (χ3v) is 3.70. The molecule has 0 spiro atoms. The Kier molecular flexibility index (Phi) is 3.84. The van der Waals surface area contributed by atoms with Crippen LogP contribution >= 0.6 is 11.6 Å². The molecule has 0 saturated carbocycles. The lowest BCUT2D eigenvalue weighted by Gasteiger charge is -2.10. The van der Waals surface area contributed by atoms with Gasteiger partial charge >= 0.3 is 0 Å². The van der Waals surface area contributed by atoms with E-state index >= 15 is 0 Å². The smallest absolute Gasteiger partial charge is 0.261 e. The van der Waals surface area contributed by atoms with Crippen molar-refractivity contribution in [2.45, 2.75) is 18.9 Å². The van der Waals surface area contributed by atoms with E-state index in [0.717, 1.165) is 23.3 Å². The summed E-state index contributed by atoms with van der Waals surface area (Å²) in [6.07, 6.45) is 4.60. The highest BCUT2D eigenvalue weighted by Crippen LogP contribution is 2.31. The zero-order valence-electron chi connectivity index (χ0n) is 11.7. The second-order valence-electron chi connectivity index (χ2n) is 5.13. The van der Waals surface area contributed by atoms with E-state index in [9.17, 15) is 4.79 Å². The molecule has 21 heavy (non-hydrogen) atoms. The summed E-state index contributed by atoms with van der Waals surface area (Å²) in [6.45, 7) is 0.571. The fraction of sp³-hybridized carbons (Fsp3) is 0.333. The number of aryl methyl sites for hydroxylation is 1. The molecule has 110 valence electrons. The highest BCUT2D eigenvalue weighted by Gasteiger charge is 2.28. The van der Waals surface area contributed by atoms with E-state index in [0.29, 0.717) is 18.0 Å². The van der Waals surface area contributed by atoms with Gasteiger partial charge in [-0.05, 0) is 35.7 Å². The van der Waals surface area contributed by atoms with Crippen molar-refractivity contribution in [2.24, 2.45) is 7.05 Å². The molecule has 1 aliphatic rings. The third kappa shape index (κ3) is 3.19. The van der Waals surface area contributed by atoms with Gasteiger partial charge < -0.3 is 10.1 Å². The fourth-order valence-electron chi connectivity index (χ4n) is 2.41. The SMILES string of the molecule is Cn1cc(CCNC(=O)C2Cc3cc(Cl)ccc3O2)cn1. The summed E-state index contributed by atoms with van der Waals surface area (Å²) in [7, 11) is 1.87. The molecule has 1 aromatic heterocycles. The van der Waals surface area contributed by atoms with Crippen molar-refractivity contribution in [1.29, 1.82) is 0 Å². The number of aromatic nitrogens is 2. The highest BCUT2D eigenvalue weighted by molar-refractivity contribution is 6.30. The van der Waals surface area contributed by atoms with Crippen LogP contribution in [-0.4, -0.2) is 28.3 Å². The summed E-state index contributed by atoms with van der Waals surface area (Å²) in [6, 6.07) is 5.42. The Labute approximate surface area is 127 Å². The number of fused-ring (bicyclic) bond motifs is 1. The van der Waals surface area contributed by atoms with Crippen molar-refractivity contribution in [3.63, 3.8) is 0 Å². The predicted octanol–water partition coefficient (Wildman–Crippen LogP) is 1.74. The number of carbonyl (C=O) groups is 1. The molecule has 0 bridgehead atoms. The van der Waals surface area contributed by atoms with Crippen LogP contribution in [0.4, 0.5) is 0 Å². The van der Waals surface area contributed by atoms with Gasteiger partial charge in [-0.3, -0.25) is 9.48 Å². The molecule has 3 rings (SSSR count). The van der Waals surface area contributed by atoms with Crippen LogP contribution in [0.15, 0.2) is 30.6 Å². The van der Waals surface area contributed by atoms with Gasteiger partial charge in [-0.2, -0.15) is 5.10 Å². The molecule has 5 nitrogen and oxygen atoms in total. The minimum Gasteiger partial charge on any atom is -0.480 e. The van der Waals surface area contributed by atoms with Crippen molar-refractivity contribution >= 4 is 17.5 Å². The summed E-state index contributed by atoms with van der Waals surface area (Å²) in [5.74, 6) is 0.651. The number of amides is 1. The van der Waals surface area contributed by atoms with Crippen LogP contribution < -0.4 is 10.1 Å². The molecule has 2 aromatic rings. The molecule has 1 aliphatic heterocycles. The minimum atomic E-state index is -0.465. The zero-order chi connectivity index (χ0) is 14.8. The monoisotopic (exact) mass is 305 g/mol. The van der Waals surface area contributed by atoms with Crippen LogP contribution in [0.2, 0.25) is 5.02 Å². The molecular formula is C15H16ClN3O2. The van der Waals surface area contributed by atoms with Crippen LogP contribution in [0.1, 0.15) is 11.1 Å². The van der Waals surface area contributed by atoms with Crippen molar-refractivity contribution in [3.8, 4) is 5.75 Å². The molecule has 1 unspecified atom stereocenters. The van der Waals surface area contributed by atoms with E-state index in [4.69, 9.17) is 16.3 Å². The molecule has 0 radical (unpaired) electrons. The van der Waals surface area contributed by atoms with E-state index in [2.05, 4.69) is 10.4 Å². The van der Waals surface area contributed by atoms with Crippen molar-refractivity contribution < 1.29 is 9.53 Å². The van der Waals surface area contributed by atoms with Gasteiger partial charge in [0.2, 0.25) is 0 Å². The first-order valence-corrected chi connectivity index (χ1v) is 7.20. The number of hydrogen-bond acceptors (Lipinski definition) is 3. The Balaban J connectivity index is 1.51. The number of halogens is 1. The van der Waals surface area contributed by atoms with Gasteiger partial charge in [0.1, 0.15) is 5.75 Å². The number of ether oxygens (including phenoxy) is 1. The molecule has 6 heteroatoms. The topological polar surface area (TPSA) is 56.2 Å². The number of rotatable bonds is 4. The number of nitrogens with one attached hydrogen (secondary N) is 1. The van der Waals surface area contributed by atoms with Crippen LogP contribution in [-0.2, 0) is 24.7 Å². The summed E-state index contributed by atoms with van der Waals surface area (Å²) in [5, 5.41) is 7.65. The van der Waals surface area contributed by atoms with E-state index in [1.54, 1.807) is 23.0 Å². The average molecular weight is 306 g/mol. The normalized spacial score (nSPS) is 16.4. The van der Waals surface area contributed by atoms with E-state index < -0.39 is 6.10 Å². The second kappa shape index (κ2) is 5.77. The molecule has 1 amide bonds. The fourth-order valence-corrected chi connectivity index (χ4v) is 2.60. The maximum Gasteiger partial charge on any atom is 0.261 e. The first-order valence-electron chi connectivity index (χ1n) is 6.82. The molecule has 1 aromatic carbocycles. The van der Waals surface area contributed by atoms with Gasteiger partial charge in [-0.1, -0.05) is 11.6 Å². The van der Waals surface area contributed by atoms with Crippen molar-refractivity contribution in [3.05, 3.63) is 46.7 Å². The first kappa shape index (κ1) is 13.9. The Morgan fingerprint density at radius 2 is 2.43 bits per heavy atom. The van der Waals surface area contributed by atoms with Crippen LogP contribution in [0.25, 0.3) is 0 Å². The van der Waals surface area contributed by atoms with E-state index in [1.807, 2.05) is 19.3 Å². The van der Waals surface area contributed by atoms with Crippen LogP contribution in [0.5, 0.6) is 5.75 Å². The van der Waals surface area contributed by atoms with Gasteiger partial charge in [-0.15, -0.1) is 0 Å². The zero-order valence-corrected chi connectivity index (χ0v) is 12.4. The Hall–Kier alpha value is -2.01. The maximum absolute atomic E-state index is 12.1. The average Bonchev–Trinajstić information content (AvgIpc) is 3.04. The third-order valence-electron chi connectivity index (χ3n) is 3.46. The second-order valence-corrected chi connectivity index (χ2v) is 5.56. The van der Waals surface area contributed by atoms with Crippen molar-refractivity contribution in [1.82, 2.24) is 15.1 Å². The van der Waals surface area contributed by atoms with E-state index in [1.165, 1.54) is 0 Å². The lowest BCUT2D eigenvalue weighted by Crippen LogP contribution is -2.38. The summed E-state index contributed by atoms with van der Waals surface area (Å²) in [4.78, 5) is 12.1. The largest absolute Gasteiger partial charge is 0.480 e. The van der Waals surface area contributed by atoms with Gasteiger partial charge in [-0.25, -0.2) is 0 Å². The van der Waals surface area contributed by atoms with E-state index in [-0.39, 0.29) is 5.91 Å². The number of hydrogen-bond donors (Lipinski definition) is 1. The lowest BCUT2D eigenvalue weighted by atomic mass is 10.1. The first-order chi connectivity index (χ1) is 10.1. The van der Waals surface area contributed by atoms with Gasteiger partial charge in [0.15, 0.2) is 6.10 Å². The Morgan fingerprint density at radius 1 is 1.57 bits per heavy atom. The van der Waals surface area contributed by atoms with Crippen molar-refractivity contribution in [2.75, 3.05) is 6.54 Å². The molecule has 0 fully saturated rings. The summed E-state index contributed by atoms with van der Waals surface area (Å²) < 4.78 is 7.39. The summed E-state index contributed by atoms with van der Waals surface area (Å²) >= 11 is 5.94. The van der Waals surface area contributed by atoms with Gasteiger partial charge in [0.25, 0.3) is 5.91 Å². The quantitative estimate of drug-likeness (QED) is 0.936. The van der Waals surface area contributed by atoms with Gasteiger partial charge in [0.05, 0.1) is 6.20 Å². The molecular weight excluding hydrogens is 290 g/mol. The minimum absolute atomic E-state index is 0.0915. The maximum atomic E-state index is 12.1. The van der Waals surface area contributed by atoms with Crippen LogP contribution in [0, 0.1) is 0 Å². The molecule has 0 saturated heterocycles. The number of benzene rings is 1. The van der Waals surface area contributed by atoms with Gasteiger partial charge in [0, 0.05) is 31.2 Å². The molecule has 0 aliphatic carbocycles. The molecule has 1 atom stereocenters. The summed E-state index contributed by atoms with van der Waals surface area (Å²) in [5.41, 5.74) is 2.08. The Bertz CT molecular complexity index is 669. The Morgan fingerprint density at radius 3 is 3.19 bits per heavy atom. The molecule has 1 N–H and O–H groups in total. The number of nitrogens with zero attached hydrogens (tertiary/aromatic N) is 2. The lowest BCUT2D eigenvalue weighted by molar-refractivity contribution is -0.127. The standard InChI is InChI=1S/C15H16ClN3O2/c1-19-9-10(8-18-19)4-5-17-15(20)14-7-11-6-12(16)2-3-13(11)21-14/h2-3,6,8-9,14H,4-5,7H2,1H3,(H,17,20). The number of carbonyl (C=O) groups excluding carboxylic acids is 1. The predicted molar refractivity (Wildman–Crippen MR) is 79.5 cm³/mol. The van der Waals surface area contributed by atoms with Crippen LogP contribution in [0.3, 0.4) is 0 Å². The highest BCUT2D eigenvalue weighted by atomic mass is 35.5. The molecule has 2 heterocycles.